The molecule has 0 aliphatic carbocycles. The SMILES string of the molecule is COC(=O)C[C@H](NC(=O)[C@@H]1CC(=O)N(c2ccc(C)cc2)C1)c1cccs1. The summed E-state index contributed by atoms with van der Waals surface area (Å²) in [6.45, 7) is 2.32. The van der Waals surface area contributed by atoms with Gasteiger partial charge in [-0.3, -0.25) is 14.4 Å². The summed E-state index contributed by atoms with van der Waals surface area (Å²) >= 11 is 1.47. The predicted octanol–water partition coefficient (Wildman–Crippen LogP) is 2.83. The Balaban J connectivity index is 1.68. The maximum Gasteiger partial charge on any atom is 0.307 e. The number of thiophene rings is 1. The first-order chi connectivity index (χ1) is 13.0. The molecule has 1 aliphatic heterocycles. The van der Waals surface area contributed by atoms with Crippen LogP contribution in [0.15, 0.2) is 41.8 Å². The van der Waals surface area contributed by atoms with Gasteiger partial charge in [0.15, 0.2) is 0 Å². The first-order valence-corrected chi connectivity index (χ1v) is 9.63. The number of hydrogen-bond donors (Lipinski definition) is 1. The van der Waals surface area contributed by atoms with Crippen LogP contribution in [0.1, 0.15) is 29.3 Å². The van der Waals surface area contributed by atoms with Gasteiger partial charge in [0.05, 0.1) is 25.5 Å². The van der Waals surface area contributed by atoms with E-state index in [1.807, 2.05) is 48.7 Å². The summed E-state index contributed by atoms with van der Waals surface area (Å²) in [7, 11) is 1.32. The largest absolute Gasteiger partial charge is 0.469 e. The van der Waals surface area contributed by atoms with Crippen LogP contribution in [0.5, 0.6) is 0 Å². The number of benzene rings is 1. The third kappa shape index (κ3) is 4.54. The van der Waals surface area contributed by atoms with Crippen molar-refractivity contribution in [3.63, 3.8) is 0 Å². The lowest BCUT2D eigenvalue weighted by Crippen LogP contribution is -2.36. The Kier molecular flexibility index (Phi) is 5.91. The average molecular weight is 386 g/mol. The maximum absolute atomic E-state index is 12.8. The smallest absolute Gasteiger partial charge is 0.307 e. The lowest BCUT2D eigenvalue weighted by Gasteiger charge is -2.20. The molecule has 1 saturated heterocycles. The van der Waals surface area contributed by atoms with Gasteiger partial charge in [-0.15, -0.1) is 11.3 Å². The minimum absolute atomic E-state index is 0.0606. The van der Waals surface area contributed by atoms with E-state index in [4.69, 9.17) is 4.74 Å². The molecule has 7 heteroatoms. The maximum atomic E-state index is 12.8. The van der Waals surface area contributed by atoms with Crippen molar-refractivity contribution in [3.05, 3.63) is 52.2 Å². The summed E-state index contributed by atoms with van der Waals surface area (Å²) in [5, 5.41) is 4.81. The molecule has 6 nitrogen and oxygen atoms in total. The molecule has 0 spiro atoms. The Morgan fingerprint density at radius 2 is 2.04 bits per heavy atom. The van der Waals surface area contributed by atoms with Gasteiger partial charge in [0, 0.05) is 23.5 Å². The predicted molar refractivity (Wildman–Crippen MR) is 103 cm³/mol. The topological polar surface area (TPSA) is 75.7 Å². The fourth-order valence-corrected chi connectivity index (χ4v) is 3.89. The Morgan fingerprint density at radius 1 is 1.30 bits per heavy atom. The Bertz CT molecular complexity index is 817. The highest BCUT2D eigenvalue weighted by molar-refractivity contribution is 7.10. The molecule has 3 rings (SSSR count). The van der Waals surface area contributed by atoms with Crippen molar-refractivity contribution in [2.75, 3.05) is 18.6 Å². The second kappa shape index (κ2) is 8.35. The van der Waals surface area contributed by atoms with E-state index in [0.29, 0.717) is 6.54 Å². The summed E-state index contributed by atoms with van der Waals surface area (Å²) in [5.74, 6) is -1.13. The van der Waals surface area contributed by atoms with Crippen molar-refractivity contribution in [2.24, 2.45) is 5.92 Å². The van der Waals surface area contributed by atoms with Gasteiger partial charge in [0.1, 0.15) is 0 Å². The van der Waals surface area contributed by atoms with E-state index in [2.05, 4.69) is 5.32 Å². The van der Waals surface area contributed by atoms with Gasteiger partial charge in [-0.25, -0.2) is 0 Å². The Hall–Kier alpha value is -2.67. The standard InChI is InChI=1S/C20H22N2O4S/c1-13-5-7-15(8-6-13)22-12-14(10-18(22)23)20(25)21-16(11-19(24)26-2)17-4-3-9-27-17/h3-9,14,16H,10-12H2,1-2H3,(H,21,25)/t14-,16+/m1/s1. The lowest BCUT2D eigenvalue weighted by atomic mass is 10.1. The highest BCUT2D eigenvalue weighted by Gasteiger charge is 2.36. The molecule has 2 atom stereocenters. The average Bonchev–Trinajstić information content (AvgIpc) is 3.31. The van der Waals surface area contributed by atoms with Gasteiger partial charge in [0.2, 0.25) is 11.8 Å². The number of hydrogen-bond acceptors (Lipinski definition) is 5. The molecule has 1 N–H and O–H groups in total. The van der Waals surface area contributed by atoms with Gasteiger partial charge in [-0.1, -0.05) is 23.8 Å². The summed E-state index contributed by atoms with van der Waals surface area (Å²) in [6.07, 6.45) is 0.222. The molecular weight excluding hydrogens is 364 g/mol. The second-order valence-corrected chi connectivity index (χ2v) is 7.58. The molecular formula is C20H22N2O4S. The van der Waals surface area contributed by atoms with E-state index in [9.17, 15) is 14.4 Å². The van der Waals surface area contributed by atoms with Crippen LogP contribution in [0, 0.1) is 12.8 Å². The number of carbonyl (C=O) groups excluding carboxylic acids is 3. The molecule has 27 heavy (non-hydrogen) atoms. The van der Waals surface area contributed by atoms with Crippen LogP contribution < -0.4 is 10.2 Å². The minimum atomic E-state index is -0.450. The first-order valence-electron chi connectivity index (χ1n) is 8.75. The zero-order chi connectivity index (χ0) is 19.4. The molecule has 2 heterocycles. The van der Waals surface area contributed by atoms with E-state index in [0.717, 1.165) is 16.1 Å². The van der Waals surface area contributed by atoms with E-state index in [-0.39, 0.29) is 24.7 Å². The van der Waals surface area contributed by atoms with Crippen LogP contribution in [-0.4, -0.2) is 31.4 Å². The second-order valence-electron chi connectivity index (χ2n) is 6.60. The quantitative estimate of drug-likeness (QED) is 0.775. The Labute approximate surface area is 162 Å². The molecule has 0 bridgehead atoms. The molecule has 1 aromatic heterocycles. The summed E-state index contributed by atoms with van der Waals surface area (Å²) < 4.78 is 4.74. The number of nitrogens with zero attached hydrogens (tertiary/aromatic N) is 1. The fourth-order valence-electron chi connectivity index (χ4n) is 3.11. The number of nitrogens with one attached hydrogen (secondary N) is 1. The molecule has 0 unspecified atom stereocenters. The third-order valence-electron chi connectivity index (χ3n) is 4.64. The third-order valence-corrected chi connectivity index (χ3v) is 5.63. The number of aryl methyl sites for hydroxylation is 1. The van der Waals surface area contributed by atoms with Gasteiger partial charge >= 0.3 is 5.97 Å². The molecule has 0 saturated carbocycles. The number of esters is 1. The van der Waals surface area contributed by atoms with E-state index in [1.54, 1.807) is 4.90 Å². The molecule has 0 radical (unpaired) electrons. The number of rotatable bonds is 6. The monoisotopic (exact) mass is 386 g/mol. The minimum Gasteiger partial charge on any atom is -0.469 e. The van der Waals surface area contributed by atoms with Crippen molar-refractivity contribution in [1.82, 2.24) is 5.32 Å². The molecule has 1 aromatic carbocycles. The highest BCUT2D eigenvalue weighted by atomic mass is 32.1. The number of anilines is 1. The van der Waals surface area contributed by atoms with Crippen molar-refractivity contribution in [1.29, 1.82) is 0 Å². The van der Waals surface area contributed by atoms with E-state index < -0.39 is 17.9 Å². The van der Waals surface area contributed by atoms with Gasteiger partial charge in [-0.05, 0) is 30.5 Å². The van der Waals surface area contributed by atoms with Crippen LogP contribution in [-0.2, 0) is 19.1 Å². The number of amides is 2. The van der Waals surface area contributed by atoms with Crippen LogP contribution in [0.25, 0.3) is 0 Å². The number of carbonyl (C=O) groups is 3. The van der Waals surface area contributed by atoms with Crippen LogP contribution >= 0.6 is 11.3 Å². The van der Waals surface area contributed by atoms with Gasteiger partial charge < -0.3 is 15.0 Å². The van der Waals surface area contributed by atoms with E-state index >= 15 is 0 Å². The van der Waals surface area contributed by atoms with Gasteiger partial charge in [-0.2, -0.15) is 0 Å². The summed E-state index contributed by atoms with van der Waals surface area (Å²) in [4.78, 5) is 39.4. The van der Waals surface area contributed by atoms with Crippen LogP contribution in [0.2, 0.25) is 0 Å². The molecule has 1 fully saturated rings. The van der Waals surface area contributed by atoms with Crippen LogP contribution in [0.3, 0.4) is 0 Å². The molecule has 1 aliphatic rings. The van der Waals surface area contributed by atoms with Crippen molar-refractivity contribution in [3.8, 4) is 0 Å². The van der Waals surface area contributed by atoms with Gasteiger partial charge in [0.25, 0.3) is 0 Å². The molecule has 142 valence electrons. The normalized spacial score (nSPS) is 17.6. The lowest BCUT2D eigenvalue weighted by molar-refractivity contribution is -0.141. The fraction of sp³-hybridized carbons (Fsp3) is 0.350. The zero-order valence-corrected chi connectivity index (χ0v) is 16.1. The molecule has 2 amide bonds. The van der Waals surface area contributed by atoms with Crippen LogP contribution in [0.4, 0.5) is 5.69 Å². The summed E-state index contributed by atoms with van der Waals surface area (Å²) in [6, 6.07) is 11.0. The summed E-state index contributed by atoms with van der Waals surface area (Å²) in [5.41, 5.74) is 1.91. The number of ether oxygens (including phenoxy) is 1. The Morgan fingerprint density at radius 3 is 2.67 bits per heavy atom. The first kappa shape index (κ1) is 19.1. The van der Waals surface area contributed by atoms with Crippen molar-refractivity contribution in [2.45, 2.75) is 25.8 Å². The number of methoxy groups -OCH3 is 1. The zero-order valence-electron chi connectivity index (χ0n) is 15.3. The van der Waals surface area contributed by atoms with E-state index in [1.165, 1.54) is 18.4 Å². The van der Waals surface area contributed by atoms with Crippen molar-refractivity contribution < 1.29 is 19.1 Å². The molecule has 2 aromatic rings. The highest BCUT2D eigenvalue weighted by Crippen LogP contribution is 2.28. The van der Waals surface area contributed by atoms with Crippen molar-refractivity contribution >= 4 is 34.8 Å².